The molecular formula is C20H24N4O3. The largest absolute Gasteiger partial charge is 0.465 e. The molecule has 0 aliphatic carbocycles. The number of aromatic nitrogens is 1. The van der Waals surface area contributed by atoms with Crippen LogP contribution in [-0.2, 0) is 4.74 Å². The Morgan fingerprint density at radius 3 is 2.52 bits per heavy atom. The van der Waals surface area contributed by atoms with Gasteiger partial charge in [-0.05, 0) is 36.9 Å². The summed E-state index contributed by atoms with van der Waals surface area (Å²) >= 11 is 0. The lowest BCUT2D eigenvalue weighted by Gasteiger charge is -2.33. The van der Waals surface area contributed by atoms with Gasteiger partial charge in [0.2, 0.25) is 0 Å². The lowest BCUT2D eigenvalue weighted by atomic mass is 10.2. The van der Waals surface area contributed by atoms with Crippen molar-refractivity contribution in [3.05, 3.63) is 53.9 Å². The van der Waals surface area contributed by atoms with Crippen LogP contribution in [0.4, 0.5) is 11.4 Å². The van der Waals surface area contributed by atoms with Gasteiger partial charge in [-0.2, -0.15) is 0 Å². The standard InChI is InChI=1S/C20H24N4O3/c1-3-23-9-11-24(12-10-23)19(25)18-8-7-17(14-21-18)22-16-6-4-5-15(13-16)20(26)27-2/h4-8,13-14,22H,3,9-12H2,1-2H3. The zero-order valence-electron chi connectivity index (χ0n) is 15.6. The van der Waals surface area contributed by atoms with E-state index in [-0.39, 0.29) is 11.9 Å². The number of benzene rings is 1. The summed E-state index contributed by atoms with van der Waals surface area (Å²) in [5.74, 6) is -0.425. The third kappa shape index (κ3) is 4.62. The number of rotatable bonds is 5. The summed E-state index contributed by atoms with van der Waals surface area (Å²) in [6.45, 7) is 6.41. The van der Waals surface area contributed by atoms with Gasteiger partial charge in [0, 0.05) is 31.9 Å². The molecule has 1 aromatic heterocycles. The Hall–Kier alpha value is -2.93. The Balaban J connectivity index is 1.64. The number of anilines is 2. The number of carbonyl (C=O) groups is 2. The predicted octanol–water partition coefficient (Wildman–Crippen LogP) is 2.39. The highest BCUT2D eigenvalue weighted by molar-refractivity contribution is 5.93. The number of amides is 1. The summed E-state index contributed by atoms with van der Waals surface area (Å²) in [6.07, 6.45) is 1.63. The minimum Gasteiger partial charge on any atom is -0.465 e. The minimum absolute atomic E-state index is 0.0370. The normalized spacial score (nSPS) is 14.7. The highest BCUT2D eigenvalue weighted by Crippen LogP contribution is 2.18. The zero-order chi connectivity index (χ0) is 19.2. The van der Waals surface area contributed by atoms with Gasteiger partial charge in [-0.1, -0.05) is 13.0 Å². The Morgan fingerprint density at radius 2 is 1.89 bits per heavy atom. The van der Waals surface area contributed by atoms with Gasteiger partial charge in [-0.25, -0.2) is 9.78 Å². The number of piperazine rings is 1. The zero-order valence-corrected chi connectivity index (χ0v) is 15.6. The molecule has 3 rings (SSSR count). The van der Waals surface area contributed by atoms with Crippen LogP contribution in [-0.4, -0.2) is 66.5 Å². The molecule has 1 N–H and O–H groups in total. The van der Waals surface area contributed by atoms with Crippen LogP contribution in [0.25, 0.3) is 0 Å². The lowest BCUT2D eigenvalue weighted by molar-refractivity contribution is 0.0599. The summed E-state index contributed by atoms with van der Waals surface area (Å²) in [4.78, 5) is 32.7. The van der Waals surface area contributed by atoms with E-state index in [9.17, 15) is 9.59 Å². The topological polar surface area (TPSA) is 74.8 Å². The Kier molecular flexibility index (Phi) is 6.03. The second kappa shape index (κ2) is 8.64. The predicted molar refractivity (Wildman–Crippen MR) is 103 cm³/mol. The molecule has 0 spiro atoms. The smallest absolute Gasteiger partial charge is 0.337 e. The van der Waals surface area contributed by atoms with E-state index in [1.807, 2.05) is 17.0 Å². The van der Waals surface area contributed by atoms with Crippen LogP contribution in [0.15, 0.2) is 42.6 Å². The molecule has 1 saturated heterocycles. The average Bonchev–Trinajstić information content (AvgIpc) is 2.73. The van der Waals surface area contributed by atoms with Gasteiger partial charge in [-0.3, -0.25) is 4.79 Å². The number of pyridine rings is 1. The van der Waals surface area contributed by atoms with E-state index in [1.54, 1.807) is 30.5 Å². The SMILES string of the molecule is CCN1CCN(C(=O)c2ccc(Nc3cccc(C(=O)OC)c3)cn2)CC1. The van der Waals surface area contributed by atoms with Crippen molar-refractivity contribution in [1.82, 2.24) is 14.8 Å². The molecule has 1 aliphatic heterocycles. The maximum absolute atomic E-state index is 12.6. The highest BCUT2D eigenvalue weighted by Gasteiger charge is 2.22. The lowest BCUT2D eigenvalue weighted by Crippen LogP contribution is -2.48. The third-order valence-electron chi connectivity index (χ3n) is 4.66. The summed E-state index contributed by atoms with van der Waals surface area (Å²) in [5.41, 5.74) is 2.39. The number of nitrogens with zero attached hydrogens (tertiary/aromatic N) is 3. The van der Waals surface area contributed by atoms with Crippen LogP contribution in [0.3, 0.4) is 0 Å². The van der Waals surface area contributed by atoms with Crippen molar-refractivity contribution in [1.29, 1.82) is 0 Å². The molecule has 2 aromatic rings. The van der Waals surface area contributed by atoms with Crippen molar-refractivity contribution in [2.24, 2.45) is 0 Å². The van der Waals surface area contributed by atoms with Crippen LogP contribution >= 0.6 is 0 Å². The molecule has 2 heterocycles. The molecule has 27 heavy (non-hydrogen) atoms. The van der Waals surface area contributed by atoms with Gasteiger partial charge in [-0.15, -0.1) is 0 Å². The first-order chi connectivity index (χ1) is 13.1. The van der Waals surface area contributed by atoms with E-state index >= 15 is 0 Å². The van der Waals surface area contributed by atoms with Crippen molar-refractivity contribution >= 4 is 23.3 Å². The van der Waals surface area contributed by atoms with Gasteiger partial charge >= 0.3 is 5.97 Å². The first kappa shape index (κ1) is 18.8. The maximum atomic E-state index is 12.6. The number of ether oxygens (including phenoxy) is 1. The molecular weight excluding hydrogens is 344 g/mol. The molecule has 7 heteroatoms. The summed E-state index contributed by atoms with van der Waals surface area (Å²) in [5, 5.41) is 3.18. The van der Waals surface area contributed by atoms with Gasteiger partial charge < -0.3 is 19.9 Å². The molecule has 7 nitrogen and oxygen atoms in total. The number of carbonyl (C=O) groups excluding carboxylic acids is 2. The quantitative estimate of drug-likeness (QED) is 0.817. The monoisotopic (exact) mass is 368 g/mol. The minimum atomic E-state index is -0.388. The van der Waals surface area contributed by atoms with Crippen LogP contribution in [0, 0.1) is 0 Å². The highest BCUT2D eigenvalue weighted by atomic mass is 16.5. The summed E-state index contributed by atoms with van der Waals surface area (Å²) in [7, 11) is 1.35. The molecule has 0 bridgehead atoms. The fourth-order valence-electron chi connectivity index (χ4n) is 3.03. The Bertz CT molecular complexity index is 799. The summed E-state index contributed by atoms with van der Waals surface area (Å²) < 4.78 is 4.73. The number of hydrogen-bond acceptors (Lipinski definition) is 6. The number of nitrogens with one attached hydrogen (secondary N) is 1. The molecule has 0 atom stereocenters. The molecule has 1 aromatic carbocycles. The third-order valence-corrected chi connectivity index (χ3v) is 4.66. The van der Waals surface area contributed by atoms with Crippen LogP contribution in [0.1, 0.15) is 27.8 Å². The molecule has 0 radical (unpaired) electrons. The van der Waals surface area contributed by atoms with Crippen LogP contribution in [0.5, 0.6) is 0 Å². The van der Waals surface area contributed by atoms with Gasteiger partial charge in [0.05, 0.1) is 24.6 Å². The van der Waals surface area contributed by atoms with Gasteiger partial charge in [0.1, 0.15) is 5.69 Å². The van der Waals surface area contributed by atoms with Crippen molar-refractivity contribution in [2.45, 2.75) is 6.92 Å². The Morgan fingerprint density at radius 1 is 1.11 bits per heavy atom. The molecule has 1 aliphatic rings. The van der Waals surface area contributed by atoms with E-state index in [4.69, 9.17) is 4.74 Å². The average molecular weight is 368 g/mol. The van der Waals surface area contributed by atoms with Crippen molar-refractivity contribution in [2.75, 3.05) is 45.2 Å². The first-order valence-corrected chi connectivity index (χ1v) is 9.04. The number of likely N-dealkylation sites (N-methyl/N-ethyl adjacent to an activating group) is 1. The van der Waals surface area contributed by atoms with E-state index < -0.39 is 0 Å². The number of esters is 1. The summed E-state index contributed by atoms with van der Waals surface area (Å²) in [6, 6.07) is 10.6. The first-order valence-electron chi connectivity index (χ1n) is 9.04. The van der Waals surface area contributed by atoms with Crippen molar-refractivity contribution < 1.29 is 14.3 Å². The molecule has 0 unspecified atom stereocenters. The fraction of sp³-hybridized carbons (Fsp3) is 0.350. The van der Waals surface area contributed by atoms with E-state index in [0.29, 0.717) is 11.3 Å². The van der Waals surface area contributed by atoms with Crippen LogP contribution < -0.4 is 5.32 Å². The number of methoxy groups -OCH3 is 1. The molecule has 1 fully saturated rings. The number of hydrogen-bond donors (Lipinski definition) is 1. The van der Waals surface area contributed by atoms with E-state index in [0.717, 1.165) is 44.1 Å². The van der Waals surface area contributed by atoms with E-state index in [2.05, 4.69) is 22.1 Å². The van der Waals surface area contributed by atoms with Gasteiger partial charge in [0.25, 0.3) is 5.91 Å². The van der Waals surface area contributed by atoms with Crippen molar-refractivity contribution in [3.63, 3.8) is 0 Å². The molecule has 1 amide bonds. The van der Waals surface area contributed by atoms with Crippen LogP contribution in [0.2, 0.25) is 0 Å². The van der Waals surface area contributed by atoms with Crippen molar-refractivity contribution in [3.8, 4) is 0 Å². The second-order valence-corrected chi connectivity index (χ2v) is 6.36. The molecule has 142 valence electrons. The fourth-order valence-corrected chi connectivity index (χ4v) is 3.03. The maximum Gasteiger partial charge on any atom is 0.337 e. The Labute approximate surface area is 158 Å². The van der Waals surface area contributed by atoms with Gasteiger partial charge in [0.15, 0.2) is 0 Å². The second-order valence-electron chi connectivity index (χ2n) is 6.36. The van der Waals surface area contributed by atoms with E-state index in [1.165, 1.54) is 7.11 Å². The molecule has 0 saturated carbocycles.